The number of nitrogens with zero attached hydrogens (tertiary/aromatic N) is 7. The molecular formula is C16H12N8. The van der Waals surface area contributed by atoms with Crippen LogP contribution in [0.3, 0.4) is 0 Å². The second-order valence-electron chi connectivity index (χ2n) is 4.86. The minimum atomic E-state index is 0.572. The van der Waals surface area contributed by atoms with Crippen LogP contribution in [0.1, 0.15) is 5.56 Å². The number of anilines is 1. The quantitative estimate of drug-likeness (QED) is 0.457. The summed E-state index contributed by atoms with van der Waals surface area (Å²) in [6.07, 6.45) is 9.97. The van der Waals surface area contributed by atoms with Crippen molar-refractivity contribution in [3.8, 4) is 5.82 Å². The zero-order chi connectivity index (χ0) is 16.2. The topological polar surface area (TPSA) is 93.8 Å². The molecule has 1 N–H and O–H groups in total. The summed E-state index contributed by atoms with van der Waals surface area (Å²) >= 11 is 0. The lowest BCUT2D eigenvalue weighted by atomic mass is 10.3. The molecule has 0 aliphatic heterocycles. The van der Waals surface area contributed by atoms with Gasteiger partial charge in [0.15, 0.2) is 17.3 Å². The van der Waals surface area contributed by atoms with E-state index in [0.717, 1.165) is 10.9 Å². The van der Waals surface area contributed by atoms with Crippen molar-refractivity contribution in [2.45, 2.75) is 0 Å². The van der Waals surface area contributed by atoms with Crippen LogP contribution in [-0.4, -0.2) is 35.9 Å². The molecule has 0 amide bonds. The van der Waals surface area contributed by atoms with Gasteiger partial charge in [-0.1, -0.05) is 12.1 Å². The van der Waals surface area contributed by atoms with Crippen LogP contribution in [0.2, 0.25) is 0 Å². The average Bonchev–Trinajstić information content (AvgIpc) is 3.08. The lowest BCUT2D eigenvalue weighted by Gasteiger charge is -2.02. The molecule has 0 radical (unpaired) electrons. The molecule has 0 bridgehead atoms. The Labute approximate surface area is 136 Å². The number of fused-ring (bicyclic) bond motifs is 1. The Bertz CT molecular complexity index is 979. The van der Waals surface area contributed by atoms with Gasteiger partial charge >= 0.3 is 0 Å². The molecule has 0 aromatic carbocycles. The normalized spacial score (nSPS) is 11.2. The number of hydrazone groups is 1. The molecule has 4 aromatic rings. The number of pyridine rings is 2. The van der Waals surface area contributed by atoms with Gasteiger partial charge in [0, 0.05) is 24.2 Å². The third kappa shape index (κ3) is 2.68. The number of hydrogen-bond donors (Lipinski definition) is 1. The highest BCUT2D eigenvalue weighted by atomic mass is 15.4. The zero-order valence-electron chi connectivity index (χ0n) is 12.5. The number of aromatic nitrogens is 6. The van der Waals surface area contributed by atoms with Crippen LogP contribution in [0.25, 0.3) is 16.9 Å². The second-order valence-corrected chi connectivity index (χ2v) is 4.86. The van der Waals surface area contributed by atoms with E-state index in [0.29, 0.717) is 17.3 Å². The first-order chi connectivity index (χ1) is 11.9. The largest absolute Gasteiger partial charge is 0.264 e. The van der Waals surface area contributed by atoms with Crippen molar-refractivity contribution in [2.75, 3.05) is 5.43 Å². The molecular weight excluding hydrogens is 304 g/mol. The Morgan fingerprint density at radius 1 is 1.00 bits per heavy atom. The van der Waals surface area contributed by atoms with Crippen LogP contribution >= 0.6 is 0 Å². The summed E-state index contributed by atoms with van der Waals surface area (Å²) < 4.78 is 1.66. The lowest BCUT2D eigenvalue weighted by molar-refractivity contribution is 0.861. The van der Waals surface area contributed by atoms with Crippen LogP contribution in [-0.2, 0) is 0 Å². The fourth-order valence-electron chi connectivity index (χ4n) is 2.20. The summed E-state index contributed by atoms with van der Waals surface area (Å²) in [5, 5.41) is 9.28. The van der Waals surface area contributed by atoms with Gasteiger partial charge in [0.25, 0.3) is 0 Å². The first kappa shape index (κ1) is 13.9. The molecule has 0 spiro atoms. The van der Waals surface area contributed by atoms with Crippen molar-refractivity contribution >= 4 is 23.1 Å². The molecule has 4 rings (SSSR count). The van der Waals surface area contributed by atoms with Gasteiger partial charge in [0.05, 0.1) is 17.8 Å². The Hall–Kier alpha value is -3.68. The third-order valence-corrected chi connectivity index (χ3v) is 3.30. The second kappa shape index (κ2) is 6.21. The van der Waals surface area contributed by atoms with Gasteiger partial charge in [0.2, 0.25) is 0 Å². The van der Waals surface area contributed by atoms with E-state index < -0.39 is 0 Å². The van der Waals surface area contributed by atoms with Gasteiger partial charge in [-0.2, -0.15) is 14.9 Å². The van der Waals surface area contributed by atoms with Crippen molar-refractivity contribution < 1.29 is 0 Å². The van der Waals surface area contributed by atoms with Crippen LogP contribution in [0.15, 0.2) is 66.5 Å². The number of rotatable bonds is 4. The van der Waals surface area contributed by atoms with Crippen LogP contribution in [0, 0.1) is 0 Å². The van der Waals surface area contributed by atoms with Gasteiger partial charge in [-0.3, -0.25) is 10.4 Å². The van der Waals surface area contributed by atoms with E-state index in [-0.39, 0.29) is 0 Å². The van der Waals surface area contributed by atoms with Crippen molar-refractivity contribution in [1.29, 1.82) is 0 Å². The molecule has 0 saturated heterocycles. The van der Waals surface area contributed by atoms with Gasteiger partial charge in [-0.15, -0.1) is 0 Å². The van der Waals surface area contributed by atoms with Crippen LogP contribution in [0.5, 0.6) is 0 Å². The Kier molecular flexibility index (Phi) is 3.61. The van der Waals surface area contributed by atoms with E-state index in [9.17, 15) is 0 Å². The zero-order valence-corrected chi connectivity index (χ0v) is 12.5. The van der Waals surface area contributed by atoms with Crippen LogP contribution < -0.4 is 5.43 Å². The van der Waals surface area contributed by atoms with Crippen LogP contribution in [0.4, 0.5) is 5.82 Å². The molecule has 0 fully saturated rings. The fourth-order valence-corrected chi connectivity index (χ4v) is 2.20. The molecule has 0 aliphatic carbocycles. The summed E-state index contributed by atoms with van der Waals surface area (Å²) in [5.74, 6) is 1.26. The monoisotopic (exact) mass is 316 g/mol. The predicted octanol–water partition coefficient (Wildman–Crippen LogP) is 2.05. The van der Waals surface area contributed by atoms with E-state index >= 15 is 0 Å². The molecule has 0 aliphatic rings. The summed E-state index contributed by atoms with van der Waals surface area (Å²) in [4.78, 5) is 16.8. The third-order valence-electron chi connectivity index (χ3n) is 3.30. The molecule has 4 aromatic heterocycles. The van der Waals surface area contributed by atoms with Gasteiger partial charge in [-0.05, 0) is 18.2 Å². The molecule has 0 unspecified atom stereocenters. The number of hydrogen-bond acceptors (Lipinski definition) is 7. The molecule has 0 atom stereocenters. The maximum absolute atomic E-state index is 4.34. The Morgan fingerprint density at radius 3 is 2.83 bits per heavy atom. The van der Waals surface area contributed by atoms with Gasteiger partial charge in [0.1, 0.15) is 6.33 Å². The highest BCUT2D eigenvalue weighted by Crippen LogP contribution is 2.20. The van der Waals surface area contributed by atoms with Gasteiger partial charge < -0.3 is 0 Å². The van der Waals surface area contributed by atoms with E-state index in [1.807, 2.05) is 30.3 Å². The summed E-state index contributed by atoms with van der Waals surface area (Å²) in [6, 6.07) is 9.37. The van der Waals surface area contributed by atoms with E-state index in [2.05, 4.69) is 35.6 Å². The van der Waals surface area contributed by atoms with Crippen molar-refractivity contribution in [3.05, 3.63) is 67.0 Å². The van der Waals surface area contributed by atoms with E-state index in [1.54, 1.807) is 35.7 Å². The molecule has 0 saturated carbocycles. The Morgan fingerprint density at radius 2 is 2.00 bits per heavy atom. The fraction of sp³-hybridized carbons (Fsp3) is 0. The molecule has 8 nitrogen and oxygen atoms in total. The molecule has 8 heteroatoms. The maximum Gasteiger partial charge on any atom is 0.170 e. The van der Waals surface area contributed by atoms with Crippen molar-refractivity contribution in [3.63, 3.8) is 0 Å². The maximum atomic E-state index is 4.34. The highest BCUT2D eigenvalue weighted by molar-refractivity contribution is 5.87. The first-order valence-corrected chi connectivity index (χ1v) is 7.21. The molecule has 4 heterocycles. The summed E-state index contributed by atoms with van der Waals surface area (Å²) in [7, 11) is 0. The highest BCUT2D eigenvalue weighted by Gasteiger charge is 2.11. The average molecular weight is 316 g/mol. The summed E-state index contributed by atoms with van der Waals surface area (Å²) in [6.45, 7) is 0. The smallest absolute Gasteiger partial charge is 0.170 e. The van der Waals surface area contributed by atoms with Gasteiger partial charge in [-0.25, -0.2) is 15.0 Å². The lowest BCUT2D eigenvalue weighted by Crippen LogP contribution is -2.01. The molecule has 116 valence electrons. The van der Waals surface area contributed by atoms with E-state index in [4.69, 9.17) is 0 Å². The predicted molar refractivity (Wildman–Crippen MR) is 89.9 cm³/mol. The number of nitrogens with one attached hydrogen (secondary N) is 1. The summed E-state index contributed by atoms with van der Waals surface area (Å²) in [5.41, 5.74) is 4.46. The molecule has 24 heavy (non-hydrogen) atoms. The Balaban J connectivity index is 1.65. The van der Waals surface area contributed by atoms with E-state index in [1.165, 1.54) is 6.33 Å². The minimum Gasteiger partial charge on any atom is -0.264 e. The first-order valence-electron chi connectivity index (χ1n) is 7.21. The SMILES string of the molecule is C(=NNc1ncnc2c1cnn2-c1ccccn1)c1cccnc1. The van der Waals surface area contributed by atoms with Crippen molar-refractivity contribution in [1.82, 2.24) is 29.7 Å². The minimum absolute atomic E-state index is 0.572. The van der Waals surface area contributed by atoms with Crippen molar-refractivity contribution in [2.24, 2.45) is 5.10 Å². The standard InChI is InChI=1S/C16H12N8/c1-2-7-18-14(5-1)24-16-13(10-22-24)15(19-11-20-16)23-21-9-12-4-3-6-17-8-12/h1-11H,(H,19,20,23).